The third-order valence-corrected chi connectivity index (χ3v) is 4.31. The fourth-order valence-corrected chi connectivity index (χ4v) is 2.80. The van der Waals surface area contributed by atoms with Crippen LogP contribution in [0.15, 0.2) is 61.2 Å². The van der Waals surface area contributed by atoms with E-state index in [1.165, 1.54) is 14.2 Å². The van der Waals surface area contributed by atoms with Gasteiger partial charge in [0.15, 0.2) is 0 Å². The summed E-state index contributed by atoms with van der Waals surface area (Å²) in [4.78, 5) is 32.9. The lowest BCUT2D eigenvalue weighted by molar-refractivity contribution is 0.0586. The summed E-state index contributed by atoms with van der Waals surface area (Å²) in [6, 6.07) is 10.6. The van der Waals surface area contributed by atoms with Gasteiger partial charge in [-0.2, -0.15) is 0 Å². The van der Waals surface area contributed by atoms with Crippen molar-refractivity contribution in [3.8, 4) is 0 Å². The molecule has 6 heteroatoms. The molecular formula is C24H20N2O4. The van der Waals surface area contributed by atoms with Crippen molar-refractivity contribution in [3.63, 3.8) is 0 Å². The second-order valence-corrected chi connectivity index (χ2v) is 6.25. The number of carbonyl (C=O) groups excluding carboxylic acids is 2. The molecule has 0 aliphatic heterocycles. The molecule has 3 aromatic rings. The molecule has 0 unspecified atom stereocenters. The lowest BCUT2D eigenvalue weighted by atomic mass is 9.96. The number of benzene rings is 1. The molecule has 3 rings (SSSR count). The van der Waals surface area contributed by atoms with E-state index in [9.17, 15) is 9.59 Å². The topological polar surface area (TPSA) is 78.4 Å². The lowest BCUT2D eigenvalue weighted by Crippen LogP contribution is -2.09. The minimum Gasteiger partial charge on any atom is -0.465 e. The molecule has 6 nitrogen and oxygen atoms in total. The fraction of sp³-hybridized carbons (Fsp3) is 0.0833. The van der Waals surface area contributed by atoms with E-state index >= 15 is 0 Å². The number of hydrogen-bond donors (Lipinski definition) is 0. The van der Waals surface area contributed by atoms with E-state index in [-0.39, 0.29) is 0 Å². The van der Waals surface area contributed by atoms with Crippen LogP contribution in [0.2, 0.25) is 0 Å². The second-order valence-electron chi connectivity index (χ2n) is 6.25. The van der Waals surface area contributed by atoms with Crippen LogP contribution in [-0.2, 0) is 9.47 Å². The molecule has 150 valence electrons. The molecule has 0 saturated heterocycles. The van der Waals surface area contributed by atoms with Gasteiger partial charge in [-0.3, -0.25) is 9.97 Å². The molecule has 1 aromatic carbocycles. The SMILES string of the molecule is COC(=O)c1cc(/C=C/c2cccnc2)c(C(=O)OC)cc1/C=C/c1cccnc1. The number of esters is 2. The van der Waals surface area contributed by atoms with Crippen molar-refractivity contribution in [2.24, 2.45) is 0 Å². The Hall–Kier alpha value is -4.06. The van der Waals surface area contributed by atoms with Crippen molar-refractivity contribution in [1.29, 1.82) is 0 Å². The van der Waals surface area contributed by atoms with Gasteiger partial charge in [-0.1, -0.05) is 36.4 Å². The number of ether oxygens (including phenoxy) is 2. The van der Waals surface area contributed by atoms with Gasteiger partial charge in [-0.25, -0.2) is 9.59 Å². The molecule has 0 aliphatic carbocycles. The van der Waals surface area contributed by atoms with Gasteiger partial charge in [0.05, 0.1) is 25.3 Å². The Morgan fingerprint density at radius 2 is 1.17 bits per heavy atom. The highest BCUT2D eigenvalue weighted by Gasteiger charge is 2.18. The fourth-order valence-electron chi connectivity index (χ4n) is 2.80. The molecular weight excluding hydrogens is 380 g/mol. The van der Waals surface area contributed by atoms with Gasteiger partial charge < -0.3 is 9.47 Å². The molecule has 0 bridgehead atoms. The Morgan fingerprint density at radius 3 is 1.50 bits per heavy atom. The normalized spacial score (nSPS) is 11.0. The number of methoxy groups -OCH3 is 2. The monoisotopic (exact) mass is 400 g/mol. The summed E-state index contributed by atoms with van der Waals surface area (Å²) in [5.41, 5.74) is 3.43. The highest BCUT2D eigenvalue weighted by Crippen LogP contribution is 2.23. The van der Waals surface area contributed by atoms with E-state index in [0.717, 1.165) is 11.1 Å². The second kappa shape index (κ2) is 9.93. The van der Waals surface area contributed by atoms with Crippen LogP contribution in [0.5, 0.6) is 0 Å². The maximum atomic E-state index is 12.4. The average molecular weight is 400 g/mol. The first kappa shape index (κ1) is 20.7. The zero-order chi connectivity index (χ0) is 21.3. The van der Waals surface area contributed by atoms with Crippen LogP contribution in [0.3, 0.4) is 0 Å². The van der Waals surface area contributed by atoms with Crippen molar-refractivity contribution in [3.05, 3.63) is 94.6 Å². The van der Waals surface area contributed by atoms with Gasteiger partial charge in [-0.05, 0) is 46.5 Å². The highest BCUT2D eigenvalue weighted by molar-refractivity contribution is 6.01. The Bertz CT molecular complexity index is 1000. The number of rotatable bonds is 6. The summed E-state index contributed by atoms with van der Waals surface area (Å²) >= 11 is 0. The van der Waals surface area contributed by atoms with Gasteiger partial charge in [0.25, 0.3) is 0 Å². The first-order chi connectivity index (χ1) is 14.6. The molecule has 2 aromatic heterocycles. The Labute approximate surface area is 174 Å². The van der Waals surface area contributed by atoms with Gasteiger partial charge in [0.2, 0.25) is 0 Å². The summed E-state index contributed by atoms with van der Waals surface area (Å²) in [5.74, 6) is -1.01. The van der Waals surface area contributed by atoms with Gasteiger partial charge in [0.1, 0.15) is 0 Å². The molecule has 0 radical (unpaired) electrons. The molecule has 0 fully saturated rings. The largest absolute Gasteiger partial charge is 0.465 e. The van der Waals surface area contributed by atoms with Crippen LogP contribution in [0.25, 0.3) is 24.3 Å². The summed E-state index contributed by atoms with van der Waals surface area (Å²) in [5, 5.41) is 0. The third kappa shape index (κ3) is 5.05. The van der Waals surface area contributed by atoms with E-state index in [1.54, 1.807) is 61.2 Å². The first-order valence-corrected chi connectivity index (χ1v) is 9.13. The smallest absolute Gasteiger partial charge is 0.338 e. The van der Waals surface area contributed by atoms with Crippen LogP contribution >= 0.6 is 0 Å². The Morgan fingerprint density at radius 1 is 0.733 bits per heavy atom. The lowest BCUT2D eigenvalue weighted by Gasteiger charge is -2.11. The van der Waals surface area contributed by atoms with Gasteiger partial charge in [-0.15, -0.1) is 0 Å². The van der Waals surface area contributed by atoms with Gasteiger partial charge >= 0.3 is 11.9 Å². The van der Waals surface area contributed by atoms with E-state index in [0.29, 0.717) is 22.3 Å². The molecule has 0 saturated carbocycles. The van der Waals surface area contributed by atoms with Gasteiger partial charge in [0, 0.05) is 24.8 Å². The Kier molecular flexibility index (Phi) is 6.84. The third-order valence-electron chi connectivity index (χ3n) is 4.31. The maximum Gasteiger partial charge on any atom is 0.338 e. The summed E-state index contributed by atoms with van der Waals surface area (Å²) < 4.78 is 9.88. The van der Waals surface area contributed by atoms with Crippen LogP contribution < -0.4 is 0 Å². The number of carbonyl (C=O) groups is 2. The maximum absolute atomic E-state index is 12.4. The number of aromatic nitrogens is 2. The molecule has 2 heterocycles. The minimum atomic E-state index is -0.506. The molecule has 0 aliphatic rings. The Balaban J connectivity index is 2.10. The van der Waals surface area contributed by atoms with Crippen LogP contribution in [0.1, 0.15) is 43.0 Å². The van der Waals surface area contributed by atoms with E-state index < -0.39 is 11.9 Å². The first-order valence-electron chi connectivity index (χ1n) is 9.13. The van der Waals surface area contributed by atoms with Crippen molar-refractivity contribution in [1.82, 2.24) is 9.97 Å². The highest BCUT2D eigenvalue weighted by atomic mass is 16.5. The zero-order valence-electron chi connectivity index (χ0n) is 16.6. The summed E-state index contributed by atoms with van der Waals surface area (Å²) in [6.07, 6.45) is 13.8. The van der Waals surface area contributed by atoms with Crippen molar-refractivity contribution < 1.29 is 19.1 Å². The van der Waals surface area contributed by atoms with E-state index in [1.807, 2.05) is 24.3 Å². The number of nitrogens with zero attached hydrogens (tertiary/aromatic N) is 2. The van der Waals surface area contributed by atoms with Crippen LogP contribution in [0.4, 0.5) is 0 Å². The average Bonchev–Trinajstić information content (AvgIpc) is 2.81. The van der Waals surface area contributed by atoms with Crippen LogP contribution in [0, 0.1) is 0 Å². The van der Waals surface area contributed by atoms with Crippen molar-refractivity contribution in [2.75, 3.05) is 14.2 Å². The standard InChI is InChI=1S/C24H20N2O4/c1-29-23(27)21-13-20(10-8-18-6-4-12-26-16-18)22(24(28)30-2)14-19(21)9-7-17-5-3-11-25-15-17/h3-16H,1-2H3/b9-7+,10-8+. The predicted molar refractivity (Wildman–Crippen MR) is 115 cm³/mol. The molecule has 30 heavy (non-hydrogen) atoms. The van der Waals surface area contributed by atoms with Crippen molar-refractivity contribution >= 4 is 36.2 Å². The quantitative estimate of drug-likeness (QED) is 0.571. The van der Waals surface area contributed by atoms with Crippen molar-refractivity contribution in [2.45, 2.75) is 0 Å². The zero-order valence-corrected chi connectivity index (χ0v) is 16.6. The summed E-state index contributed by atoms with van der Waals surface area (Å²) in [6.45, 7) is 0. The van der Waals surface area contributed by atoms with E-state index in [2.05, 4.69) is 9.97 Å². The predicted octanol–water partition coefficient (Wildman–Crippen LogP) is 4.39. The molecule has 0 atom stereocenters. The minimum absolute atomic E-state index is 0.330. The molecule has 0 spiro atoms. The van der Waals surface area contributed by atoms with E-state index in [4.69, 9.17) is 9.47 Å². The molecule has 0 N–H and O–H groups in total. The number of pyridine rings is 2. The summed E-state index contributed by atoms with van der Waals surface area (Å²) in [7, 11) is 2.63. The number of hydrogen-bond acceptors (Lipinski definition) is 6. The van der Waals surface area contributed by atoms with Crippen LogP contribution in [-0.4, -0.2) is 36.1 Å². The molecule has 0 amide bonds.